The number of amides is 2. The molecular weight excluding hydrogens is 286 g/mol. The molecule has 0 bridgehead atoms. The Kier molecular flexibility index (Phi) is 5.58. The number of rotatable bonds is 5. The third kappa shape index (κ3) is 4.41. The van der Waals surface area contributed by atoms with E-state index in [9.17, 15) is 4.79 Å². The highest BCUT2D eigenvalue weighted by molar-refractivity contribution is 7.11. The van der Waals surface area contributed by atoms with Crippen molar-refractivity contribution >= 4 is 17.4 Å². The van der Waals surface area contributed by atoms with E-state index in [1.807, 2.05) is 13.8 Å². The Bertz CT molecular complexity index is 468. The molecule has 21 heavy (non-hydrogen) atoms. The number of urea groups is 1. The van der Waals surface area contributed by atoms with Crippen LogP contribution >= 0.6 is 11.3 Å². The highest BCUT2D eigenvalue weighted by Gasteiger charge is 2.30. The quantitative estimate of drug-likeness (QED) is 0.878. The first-order valence-electron chi connectivity index (χ1n) is 7.53. The number of nitrogens with one attached hydrogen (secondary N) is 2. The van der Waals surface area contributed by atoms with Gasteiger partial charge in [0.25, 0.3) is 0 Å². The van der Waals surface area contributed by atoms with Crippen molar-refractivity contribution in [3.05, 3.63) is 15.6 Å². The van der Waals surface area contributed by atoms with Crippen LogP contribution in [0.25, 0.3) is 0 Å². The molecule has 0 aliphatic carbocycles. The maximum absolute atomic E-state index is 11.9. The summed E-state index contributed by atoms with van der Waals surface area (Å²) in [7, 11) is 0. The molecule has 1 aromatic rings. The molecule has 118 valence electrons. The molecule has 1 fully saturated rings. The van der Waals surface area contributed by atoms with Crippen LogP contribution < -0.4 is 10.6 Å². The Morgan fingerprint density at radius 1 is 1.43 bits per heavy atom. The predicted molar refractivity (Wildman–Crippen MR) is 84.5 cm³/mol. The molecule has 2 heterocycles. The maximum Gasteiger partial charge on any atom is 0.315 e. The largest absolute Gasteiger partial charge is 0.378 e. The van der Waals surface area contributed by atoms with Crippen molar-refractivity contribution in [1.29, 1.82) is 0 Å². The Morgan fingerprint density at radius 2 is 2.19 bits per heavy atom. The summed E-state index contributed by atoms with van der Waals surface area (Å²) in [5.74, 6) is 0.906. The van der Waals surface area contributed by atoms with Gasteiger partial charge in [0.1, 0.15) is 5.01 Å². The second kappa shape index (κ2) is 7.22. The summed E-state index contributed by atoms with van der Waals surface area (Å²) in [6.07, 6.45) is 1.28. The van der Waals surface area contributed by atoms with Gasteiger partial charge in [-0.25, -0.2) is 9.78 Å². The number of ether oxygens (including phenoxy) is 1. The Hall–Kier alpha value is -1.14. The number of nitrogens with zero attached hydrogens (tertiary/aromatic N) is 1. The van der Waals surface area contributed by atoms with E-state index in [1.165, 1.54) is 4.88 Å². The smallest absolute Gasteiger partial charge is 0.315 e. The summed E-state index contributed by atoms with van der Waals surface area (Å²) >= 11 is 1.63. The van der Waals surface area contributed by atoms with Crippen molar-refractivity contribution in [2.45, 2.75) is 46.8 Å². The SMILES string of the molecule is Cc1nc(CNC(=O)NCC2CCOC2C(C)C)sc1C. The minimum absolute atomic E-state index is 0.130. The number of hydrogen-bond donors (Lipinski definition) is 2. The van der Waals surface area contributed by atoms with Crippen LogP contribution in [0, 0.1) is 25.7 Å². The van der Waals surface area contributed by atoms with E-state index in [-0.39, 0.29) is 12.1 Å². The standard InChI is InChI=1S/C15H25N3O2S/c1-9(2)14-12(5-6-20-14)7-16-15(19)17-8-13-18-10(3)11(4)21-13/h9,12,14H,5-8H2,1-4H3,(H2,16,17,19). The first-order chi connectivity index (χ1) is 9.97. The number of thiazole rings is 1. The number of hydrogen-bond acceptors (Lipinski definition) is 4. The van der Waals surface area contributed by atoms with Gasteiger partial charge in [-0.2, -0.15) is 0 Å². The minimum Gasteiger partial charge on any atom is -0.378 e. The maximum atomic E-state index is 11.9. The van der Waals surface area contributed by atoms with E-state index in [2.05, 4.69) is 29.5 Å². The summed E-state index contributed by atoms with van der Waals surface area (Å²) in [6, 6.07) is -0.130. The fourth-order valence-electron chi connectivity index (χ4n) is 2.67. The van der Waals surface area contributed by atoms with Crippen LogP contribution in [0.4, 0.5) is 4.79 Å². The van der Waals surface area contributed by atoms with Crippen LogP contribution in [0.3, 0.4) is 0 Å². The third-order valence-electron chi connectivity index (χ3n) is 3.92. The lowest BCUT2D eigenvalue weighted by molar-refractivity contribution is 0.0545. The number of aromatic nitrogens is 1. The molecule has 0 saturated carbocycles. The van der Waals surface area contributed by atoms with Gasteiger partial charge in [0.15, 0.2) is 0 Å². The summed E-state index contributed by atoms with van der Waals surface area (Å²) in [5.41, 5.74) is 1.04. The molecule has 0 aromatic carbocycles. The molecular formula is C15H25N3O2S. The molecule has 2 N–H and O–H groups in total. The number of aryl methyl sites for hydroxylation is 2. The van der Waals surface area contributed by atoms with Crippen molar-refractivity contribution in [2.75, 3.05) is 13.2 Å². The van der Waals surface area contributed by atoms with Crippen LogP contribution in [-0.2, 0) is 11.3 Å². The first-order valence-corrected chi connectivity index (χ1v) is 8.35. The van der Waals surface area contributed by atoms with E-state index < -0.39 is 0 Å². The Balaban J connectivity index is 1.72. The molecule has 0 spiro atoms. The average Bonchev–Trinajstić information content (AvgIpc) is 3.01. The first kappa shape index (κ1) is 16.2. The summed E-state index contributed by atoms with van der Waals surface area (Å²) in [4.78, 5) is 17.5. The minimum atomic E-state index is -0.130. The van der Waals surface area contributed by atoms with E-state index in [4.69, 9.17) is 4.74 Å². The lowest BCUT2D eigenvalue weighted by Gasteiger charge is -2.22. The number of carbonyl (C=O) groups excluding carboxylic acids is 1. The van der Waals surface area contributed by atoms with Gasteiger partial charge in [-0.15, -0.1) is 11.3 Å². The topological polar surface area (TPSA) is 63.2 Å². The second-order valence-corrected chi connectivity index (χ2v) is 7.23. The lowest BCUT2D eigenvalue weighted by atomic mass is 9.93. The Morgan fingerprint density at radius 3 is 2.81 bits per heavy atom. The molecule has 1 aromatic heterocycles. The zero-order valence-electron chi connectivity index (χ0n) is 13.2. The van der Waals surface area contributed by atoms with E-state index in [1.54, 1.807) is 11.3 Å². The van der Waals surface area contributed by atoms with Gasteiger partial charge >= 0.3 is 6.03 Å². The van der Waals surface area contributed by atoms with Crippen molar-refractivity contribution in [1.82, 2.24) is 15.6 Å². The van der Waals surface area contributed by atoms with Gasteiger partial charge in [-0.05, 0) is 26.2 Å². The van der Waals surface area contributed by atoms with Gasteiger partial charge < -0.3 is 15.4 Å². The lowest BCUT2D eigenvalue weighted by Crippen LogP contribution is -2.40. The molecule has 2 atom stereocenters. The molecule has 1 saturated heterocycles. The monoisotopic (exact) mass is 311 g/mol. The Labute approximate surface area is 130 Å². The van der Waals surface area contributed by atoms with Gasteiger partial charge in [-0.3, -0.25) is 0 Å². The molecule has 6 heteroatoms. The van der Waals surface area contributed by atoms with Crippen molar-refractivity contribution in [3.8, 4) is 0 Å². The van der Waals surface area contributed by atoms with Gasteiger partial charge in [0.05, 0.1) is 18.3 Å². The highest BCUT2D eigenvalue weighted by atomic mass is 32.1. The van der Waals surface area contributed by atoms with Gasteiger partial charge in [0, 0.05) is 23.9 Å². The molecule has 5 nitrogen and oxygen atoms in total. The molecule has 0 radical (unpaired) electrons. The molecule has 2 amide bonds. The third-order valence-corrected chi connectivity index (χ3v) is 4.99. The van der Waals surface area contributed by atoms with Crippen LogP contribution in [0.15, 0.2) is 0 Å². The van der Waals surface area contributed by atoms with Gasteiger partial charge in [0.2, 0.25) is 0 Å². The van der Waals surface area contributed by atoms with E-state index in [0.29, 0.717) is 24.9 Å². The van der Waals surface area contributed by atoms with Crippen LogP contribution in [0.2, 0.25) is 0 Å². The summed E-state index contributed by atoms with van der Waals surface area (Å²) < 4.78 is 5.72. The van der Waals surface area contributed by atoms with Crippen molar-refractivity contribution in [3.63, 3.8) is 0 Å². The number of carbonyl (C=O) groups is 1. The summed E-state index contributed by atoms with van der Waals surface area (Å²) in [5, 5.41) is 6.76. The van der Waals surface area contributed by atoms with Crippen molar-refractivity contribution in [2.24, 2.45) is 11.8 Å². The van der Waals surface area contributed by atoms with Gasteiger partial charge in [-0.1, -0.05) is 13.8 Å². The fourth-order valence-corrected chi connectivity index (χ4v) is 3.54. The van der Waals surface area contributed by atoms with E-state index >= 15 is 0 Å². The van der Waals surface area contributed by atoms with Crippen molar-refractivity contribution < 1.29 is 9.53 Å². The average molecular weight is 311 g/mol. The summed E-state index contributed by atoms with van der Waals surface area (Å²) in [6.45, 7) is 10.3. The zero-order valence-corrected chi connectivity index (χ0v) is 14.0. The van der Waals surface area contributed by atoms with Crippen LogP contribution in [-0.4, -0.2) is 30.3 Å². The normalized spacial score (nSPS) is 21.8. The second-order valence-electron chi connectivity index (χ2n) is 5.94. The van der Waals surface area contributed by atoms with Crippen LogP contribution in [0.5, 0.6) is 0 Å². The highest BCUT2D eigenvalue weighted by Crippen LogP contribution is 2.26. The van der Waals surface area contributed by atoms with Crippen LogP contribution in [0.1, 0.15) is 35.8 Å². The molecule has 1 aliphatic rings. The zero-order chi connectivity index (χ0) is 15.4. The molecule has 1 aliphatic heterocycles. The predicted octanol–water partition coefficient (Wildman–Crippen LogP) is 2.62. The van der Waals surface area contributed by atoms with E-state index in [0.717, 1.165) is 23.7 Å². The molecule has 2 rings (SSSR count). The fraction of sp³-hybridized carbons (Fsp3) is 0.733. The molecule has 2 unspecified atom stereocenters.